The summed E-state index contributed by atoms with van der Waals surface area (Å²) >= 11 is 0. The molecule has 0 radical (unpaired) electrons. The first-order valence-electron chi connectivity index (χ1n) is 21.9. The number of hydrogen-bond acceptors (Lipinski definition) is 16. The summed E-state index contributed by atoms with van der Waals surface area (Å²) in [4.78, 5) is 26.1. The fourth-order valence-electron chi connectivity index (χ4n) is 13.6. The molecule has 3 heterocycles. The van der Waals surface area contributed by atoms with Gasteiger partial charge in [-0.3, -0.25) is 14.1 Å². The second-order valence-electron chi connectivity index (χ2n) is 21.0. The molecule has 7 aliphatic rings. The van der Waals surface area contributed by atoms with Crippen molar-refractivity contribution >= 4 is 22.3 Å². The monoisotopic (exact) mass is 888 g/mol. The van der Waals surface area contributed by atoms with Crippen LogP contribution in [0.3, 0.4) is 0 Å². The van der Waals surface area contributed by atoms with Crippen molar-refractivity contribution < 1.29 is 80.7 Å². The predicted molar refractivity (Wildman–Crippen MR) is 213 cm³/mol. The molecule has 3 aliphatic heterocycles. The number of hydrogen-bond donors (Lipinski definition) is 6. The largest absolute Gasteiger partial charge is 0.460 e. The second kappa shape index (κ2) is 16.0. The van der Waals surface area contributed by atoms with Crippen LogP contribution >= 0.6 is 0 Å². The number of aliphatic hydroxyl groups excluding tert-OH is 5. The molecule has 0 bridgehead atoms. The molecule has 348 valence electrons. The van der Waals surface area contributed by atoms with Gasteiger partial charge in [-0.2, -0.15) is 8.42 Å². The van der Waals surface area contributed by atoms with Gasteiger partial charge in [0.1, 0.15) is 53.2 Å². The number of aliphatic hydroxyl groups is 5. The van der Waals surface area contributed by atoms with Crippen molar-refractivity contribution in [1.29, 1.82) is 0 Å². The van der Waals surface area contributed by atoms with Gasteiger partial charge in [0.2, 0.25) is 0 Å². The summed E-state index contributed by atoms with van der Waals surface area (Å²) in [6.07, 6.45) is -7.29. The Kier molecular flexibility index (Phi) is 12.3. The minimum absolute atomic E-state index is 0.0146. The number of ether oxygens (including phenoxy) is 6. The lowest BCUT2D eigenvalue weighted by Crippen LogP contribution is -2.64. The first kappa shape index (κ1) is 47.2. The third-order valence-corrected chi connectivity index (χ3v) is 17.0. The molecule has 0 aromatic carbocycles. The van der Waals surface area contributed by atoms with E-state index in [1.54, 1.807) is 0 Å². The van der Waals surface area contributed by atoms with E-state index < -0.39 is 117 Å². The smallest absolute Gasteiger partial charge is 0.397 e. The summed E-state index contributed by atoms with van der Waals surface area (Å²) in [5.74, 6) is -0.848. The third-order valence-electron chi connectivity index (χ3n) is 16.5. The molecular formula is C43H68O17S. The molecule has 7 rings (SSSR count). The van der Waals surface area contributed by atoms with Crippen molar-refractivity contribution in [1.82, 2.24) is 0 Å². The lowest BCUT2D eigenvalue weighted by atomic mass is 9.40. The highest BCUT2D eigenvalue weighted by Gasteiger charge is 2.79. The maximum atomic E-state index is 14.4. The number of allylic oxidation sites excluding steroid dienone is 1. The molecule has 6 N–H and O–H groups in total. The van der Waals surface area contributed by atoms with Gasteiger partial charge >= 0.3 is 22.3 Å². The Morgan fingerprint density at radius 3 is 2.25 bits per heavy atom. The molecule has 3 saturated carbocycles. The maximum Gasteiger partial charge on any atom is 0.397 e. The fourth-order valence-corrected chi connectivity index (χ4v) is 14.1. The Bertz CT molecular complexity index is 1840. The molecule has 0 aromatic rings. The Morgan fingerprint density at radius 1 is 0.902 bits per heavy atom. The maximum absolute atomic E-state index is 14.4. The number of carbonyl (C=O) groups is 2. The number of cyclic esters (lactones) is 1. The van der Waals surface area contributed by atoms with Gasteiger partial charge in [-0.05, 0) is 114 Å². The highest BCUT2D eigenvalue weighted by Crippen LogP contribution is 2.76. The SMILES string of the molecule is CC(=O)OC(C)(C)CCCC1(C)OC(=O)[C@]23C(O)C=C4C(CCC5C(C)(C)[C@@H](OC6OCC(OS(=O)(=O)O)C(O)C6OC6OC(C)C(O)C(O)C6O)CC[C@]45C)C2(C)CC[C@H]13. The number of carbonyl (C=O) groups excluding carboxylic acids is 2. The van der Waals surface area contributed by atoms with Crippen LogP contribution in [0.1, 0.15) is 120 Å². The van der Waals surface area contributed by atoms with E-state index in [1.807, 2.05) is 26.8 Å². The summed E-state index contributed by atoms with van der Waals surface area (Å²) in [6, 6.07) is 0. The van der Waals surface area contributed by atoms with Crippen LogP contribution in [0.15, 0.2) is 11.6 Å². The van der Waals surface area contributed by atoms with Crippen LogP contribution < -0.4 is 0 Å². The summed E-state index contributed by atoms with van der Waals surface area (Å²) < 4.78 is 73.6. The number of fused-ring (bicyclic) bond motifs is 4. The van der Waals surface area contributed by atoms with Crippen LogP contribution in [0, 0.1) is 39.4 Å². The Hall–Kier alpha value is -1.81. The lowest BCUT2D eigenvalue weighted by molar-refractivity contribution is -0.362. The molecule has 17 nitrogen and oxygen atoms in total. The average molecular weight is 889 g/mol. The minimum atomic E-state index is -5.03. The Balaban J connectivity index is 1.12. The van der Waals surface area contributed by atoms with Gasteiger partial charge in [0.15, 0.2) is 12.6 Å². The van der Waals surface area contributed by atoms with E-state index in [9.17, 15) is 48.1 Å². The summed E-state index contributed by atoms with van der Waals surface area (Å²) in [7, 11) is -5.03. The summed E-state index contributed by atoms with van der Waals surface area (Å²) in [5, 5.41) is 55.3. The fraction of sp³-hybridized carbons (Fsp3) is 0.907. The van der Waals surface area contributed by atoms with E-state index in [4.69, 9.17) is 32.6 Å². The second-order valence-corrected chi connectivity index (χ2v) is 22.0. The van der Waals surface area contributed by atoms with E-state index >= 15 is 0 Å². The van der Waals surface area contributed by atoms with Crippen LogP contribution in [0.25, 0.3) is 0 Å². The van der Waals surface area contributed by atoms with Gasteiger partial charge in [0.05, 0.1) is 24.9 Å². The van der Waals surface area contributed by atoms with Crippen LogP contribution in [-0.4, -0.2) is 136 Å². The average Bonchev–Trinajstić information content (AvgIpc) is 3.60. The number of rotatable bonds is 11. The van der Waals surface area contributed by atoms with Crippen LogP contribution in [0.5, 0.6) is 0 Å². The number of esters is 2. The molecule has 18 heteroatoms. The van der Waals surface area contributed by atoms with E-state index in [2.05, 4.69) is 27.7 Å². The third kappa shape index (κ3) is 7.73. The van der Waals surface area contributed by atoms with Crippen molar-refractivity contribution in [2.75, 3.05) is 6.61 Å². The van der Waals surface area contributed by atoms with Crippen LogP contribution in [0.4, 0.5) is 0 Å². The highest BCUT2D eigenvalue weighted by atomic mass is 32.3. The Labute approximate surface area is 358 Å². The van der Waals surface area contributed by atoms with Crippen molar-refractivity contribution in [3.63, 3.8) is 0 Å². The quantitative estimate of drug-likeness (QED) is 0.0755. The van der Waals surface area contributed by atoms with Gasteiger partial charge in [0, 0.05) is 12.8 Å². The van der Waals surface area contributed by atoms with Crippen molar-refractivity contribution in [3.8, 4) is 0 Å². The predicted octanol–water partition coefficient (Wildman–Crippen LogP) is 2.87. The highest BCUT2D eigenvalue weighted by molar-refractivity contribution is 7.80. The first-order valence-corrected chi connectivity index (χ1v) is 23.3. The molecule has 18 atom stereocenters. The summed E-state index contributed by atoms with van der Waals surface area (Å²) in [5.41, 5.74) is -2.92. The van der Waals surface area contributed by atoms with Crippen LogP contribution in [-0.2, 0) is 52.6 Å². The van der Waals surface area contributed by atoms with E-state index in [0.29, 0.717) is 32.1 Å². The van der Waals surface area contributed by atoms with Crippen LogP contribution in [0.2, 0.25) is 0 Å². The Morgan fingerprint density at radius 2 is 1.59 bits per heavy atom. The molecule has 0 amide bonds. The van der Waals surface area contributed by atoms with E-state index in [1.165, 1.54) is 13.8 Å². The molecule has 1 spiro atoms. The van der Waals surface area contributed by atoms with Crippen molar-refractivity contribution in [2.45, 2.75) is 199 Å². The molecule has 6 fully saturated rings. The van der Waals surface area contributed by atoms with Crippen molar-refractivity contribution in [3.05, 3.63) is 11.6 Å². The molecule has 61 heavy (non-hydrogen) atoms. The van der Waals surface area contributed by atoms with Gasteiger partial charge in [-0.25, -0.2) is 4.18 Å². The van der Waals surface area contributed by atoms with E-state index in [0.717, 1.165) is 31.3 Å². The molecule has 3 saturated heterocycles. The van der Waals surface area contributed by atoms with Gasteiger partial charge in [0.25, 0.3) is 0 Å². The molecular weight excluding hydrogens is 821 g/mol. The minimum Gasteiger partial charge on any atom is -0.460 e. The first-order chi connectivity index (χ1) is 28.1. The normalized spacial score (nSPS) is 48.2. The van der Waals surface area contributed by atoms with Crippen molar-refractivity contribution in [2.24, 2.45) is 39.4 Å². The van der Waals surface area contributed by atoms with Gasteiger partial charge in [-0.15, -0.1) is 0 Å². The van der Waals surface area contributed by atoms with Gasteiger partial charge in [-0.1, -0.05) is 39.3 Å². The molecule has 0 aromatic heterocycles. The standard InChI is InChI=1S/C43H68O17S/c1-21-30(46)32(48)33(49)35(55-21)57-34-31(47)25(60-61(51,52)53)20-54-36(34)56-29-14-17-40(7)24-19-28(45)43-27(13-18-41(43,8)23(24)11-12-26(40)39(29,5)6)42(9,59-37(43)50)16-10-15-38(3,4)58-22(2)44/h19,21,23,25-36,45-49H,10-18,20H2,1-9H3,(H,51,52,53)/t21?,23?,25?,26?,27-,28?,29+,30?,31?,32?,33?,34?,35?,36?,40-,41?,42?,43+/m1/s1. The zero-order valence-electron chi connectivity index (χ0n) is 36.8. The topological polar surface area (TPSA) is 254 Å². The lowest BCUT2D eigenvalue weighted by Gasteiger charge is -2.64. The zero-order valence-corrected chi connectivity index (χ0v) is 37.6. The summed E-state index contributed by atoms with van der Waals surface area (Å²) in [6.45, 7) is 16.7. The molecule has 14 unspecified atom stereocenters. The van der Waals surface area contributed by atoms with E-state index in [-0.39, 0.29) is 29.7 Å². The molecule has 4 aliphatic carbocycles. The zero-order chi connectivity index (χ0) is 45.0. The van der Waals surface area contributed by atoms with Gasteiger partial charge < -0.3 is 54.0 Å².